The van der Waals surface area contributed by atoms with Crippen LogP contribution in [0.4, 0.5) is 0 Å². The van der Waals surface area contributed by atoms with Gasteiger partial charge in [-0.3, -0.25) is 0 Å². The number of benzene rings is 2. The molecule has 128 valence electrons. The number of nitrogens with one attached hydrogen (secondary N) is 2. The molecule has 3 nitrogen and oxygen atoms in total. The van der Waals surface area contributed by atoms with Gasteiger partial charge >= 0.3 is 0 Å². The van der Waals surface area contributed by atoms with E-state index in [0.29, 0.717) is 17.6 Å². The average molecular weight is 343 g/mol. The zero-order valence-electron chi connectivity index (χ0n) is 14.6. The summed E-state index contributed by atoms with van der Waals surface area (Å²) in [7, 11) is 1.67. The Hall–Kier alpha value is -2.07. The van der Waals surface area contributed by atoms with Gasteiger partial charge in [-0.2, -0.15) is 0 Å². The van der Waals surface area contributed by atoms with Crippen LogP contribution in [0.25, 0.3) is 0 Å². The third-order valence-corrected chi connectivity index (χ3v) is 4.09. The van der Waals surface area contributed by atoms with Gasteiger partial charge < -0.3 is 15.4 Å². The van der Waals surface area contributed by atoms with Gasteiger partial charge in [-0.1, -0.05) is 56.3 Å². The van der Waals surface area contributed by atoms with Crippen LogP contribution in [-0.2, 0) is 6.54 Å². The molecule has 0 fully saturated rings. The second kappa shape index (κ2) is 9.28. The summed E-state index contributed by atoms with van der Waals surface area (Å²) in [4.78, 5) is 0. The highest BCUT2D eigenvalue weighted by molar-refractivity contribution is 7.80. The van der Waals surface area contributed by atoms with Gasteiger partial charge in [0.05, 0.1) is 13.2 Å². The van der Waals surface area contributed by atoms with Gasteiger partial charge in [-0.15, -0.1) is 0 Å². The van der Waals surface area contributed by atoms with Gasteiger partial charge in [0.25, 0.3) is 0 Å². The van der Waals surface area contributed by atoms with Crippen LogP contribution in [0.3, 0.4) is 0 Å². The molecule has 0 saturated heterocycles. The highest BCUT2D eigenvalue weighted by atomic mass is 32.1. The molecule has 0 amide bonds. The third kappa shape index (κ3) is 5.85. The van der Waals surface area contributed by atoms with E-state index in [9.17, 15) is 0 Å². The quantitative estimate of drug-likeness (QED) is 0.729. The van der Waals surface area contributed by atoms with E-state index in [0.717, 1.165) is 12.2 Å². The Morgan fingerprint density at radius 1 is 1.04 bits per heavy atom. The summed E-state index contributed by atoms with van der Waals surface area (Å²) in [6.45, 7) is 5.15. The van der Waals surface area contributed by atoms with Gasteiger partial charge in [0, 0.05) is 6.54 Å². The minimum Gasteiger partial charge on any atom is -0.497 e. The molecule has 2 aromatic rings. The fourth-order valence-corrected chi connectivity index (χ4v) is 2.78. The van der Waals surface area contributed by atoms with E-state index in [4.69, 9.17) is 17.0 Å². The molecule has 0 radical (unpaired) electrons. The number of hydrogen-bond acceptors (Lipinski definition) is 2. The fourth-order valence-electron chi connectivity index (χ4n) is 2.57. The summed E-state index contributed by atoms with van der Waals surface area (Å²) in [5.41, 5.74) is 2.43. The van der Waals surface area contributed by atoms with Gasteiger partial charge in [0.15, 0.2) is 5.11 Å². The molecule has 0 unspecified atom stereocenters. The molecule has 2 rings (SSSR count). The summed E-state index contributed by atoms with van der Waals surface area (Å²) >= 11 is 5.48. The number of methoxy groups -OCH3 is 1. The maximum absolute atomic E-state index is 5.48. The minimum atomic E-state index is 0.224. The summed E-state index contributed by atoms with van der Waals surface area (Å²) in [5.74, 6) is 1.45. The molecule has 24 heavy (non-hydrogen) atoms. The molecular weight excluding hydrogens is 316 g/mol. The molecule has 0 aliphatic heterocycles. The monoisotopic (exact) mass is 342 g/mol. The second-order valence-corrected chi connectivity index (χ2v) is 6.68. The maximum Gasteiger partial charge on any atom is 0.167 e. The average Bonchev–Trinajstić information content (AvgIpc) is 2.60. The van der Waals surface area contributed by atoms with Crippen molar-refractivity contribution >= 4 is 17.3 Å². The summed E-state index contributed by atoms with van der Waals surface area (Å²) in [6.07, 6.45) is 1.04. The molecule has 0 aliphatic carbocycles. The maximum atomic E-state index is 5.48. The van der Waals surface area contributed by atoms with Crippen LogP contribution >= 0.6 is 12.2 Å². The van der Waals surface area contributed by atoms with Crippen molar-refractivity contribution in [1.29, 1.82) is 0 Å². The summed E-state index contributed by atoms with van der Waals surface area (Å²) in [6, 6.07) is 18.7. The van der Waals surface area contributed by atoms with Crippen LogP contribution in [0.2, 0.25) is 0 Å². The first-order valence-corrected chi connectivity index (χ1v) is 8.71. The molecule has 0 bridgehead atoms. The molecule has 1 atom stereocenters. The Bertz CT molecular complexity index is 626. The first kappa shape index (κ1) is 18.3. The third-order valence-electron chi connectivity index (χ3n) is 3.83. The van der Waals surface area contributed by atoms with Gasteiger partial charge in [0.1, 0.15) is 5.75 Å². The minimum absolute atomic E-state index is 0.224. The van der Waals surface area contributed by atoms with E-state index < -0.39 is 0 Å². The van der Waals surface area contributed by atoms with Crippen LogP contribution in [0.5, 0.6) is 5.75 Å². The number of hydrogen-bond donors (Lipinski definition) is 2. The van der Waals surface area contributed by atoms with E-state index in [1.165, 1.54) is 11.1 Å². The van der Waals surface area contributed by atoms with E-state index in [-0.39, 0.29) is 6.04 Å². The Morgan fingerprint density at radius 2 is 1.71 bits per heavy atom. The van der Waals surface area contributed by atoms with E-state index >= 15 is 0 Å². The first-order chi connectivity index (χ1) is 11.6. The molecular formula is C20H26N2OS. The molecule has 4 heteroatoms. The van der Waals surface area contributed by atoms with Crippen LogP contribution in [-0.4, -0.2) is 12.2 Å². The Kier molecular flexibility index (Phi) is 7.07. The molecule has 0 saturated carbocycles. The van der Waals surface area contributed by atoms with E-state index in [2.05, 4.69) is 48.7 Å². The zero-order chi connectivity index (χ0) is 17.4. The topological polar surface area (TPSA) is 33.3 Å². The van der Waals surface area contributed by atoms with Crippen molar-refractivity contribution < 1.29 is 4.74 Å². The second-order valence-electron chi connectivity index (χ2n) is 6.27. The van der Waals surface area contributed by atoms with Crippen molar-refractivity contribution in [2.75, 3.05) is 7.11 Å². The first-order valence-electron chi connectivity index (χ1n) is 8.30. The predicted octanol–water partition coefficient (Wildman–Crippen LogP) is 4.45. The van der Waals surface area contributed by atoms with Crippen molar-refractivity contribution in [3.05, 3.63) is 65.7 Å². The molecule has 2 aromatic carbocycles. The number of thiocarbonyl (C=S) groups is 1. The van der Waals surface area contributed by atoms with Crippen LogP contribution < -0.4 is 15.4 Å². The number of ether oxygens (including phenoxy) is 1. The van der Waals surface area contributed by atoms with E-state index in [1.54, 1.807) is 7.11 Å². The van der Waals surface area contributed by atoms with Gasteiger partial charge in [-0.25, -0.2) is 0 Å². The molecule has 0 heterocycles. The highest BCUT2D eigenvalue weighted by Gasteiger charge is 2.14. The Morgan fingerprint density at radius 3 is 2.29 bits per heavy atom. The van der Waals surface area contributed by atoms with Gasteiger partial charge in [0.2, 0.25) is 0 Å². The van der Waals surface area contributed by atoms with Crippen molar-refractivity contribution in [1.82, 2.24) is 10.6 Å². The Balaban J connectivity index is 1.92. The molecule has 0 spiro atoms. The SMILES string of the molecule is COc1ccc(CNC(=S)N[C@H](CC(C)C)c2ccccc2)cc1. The predicted molar refractivity (Wildman–Crippen MR) is 104 cm³/mol. The lowest BCUT2D eigenvalue weighted by Crippen LogP contribution is -2.37. The molecule has 0 aromatic heterocycles. The standard InChI is InChI=1S/C20H26N2OS/c1-15(2)13-19(17-7-5-4-6-8-17)22-20(24)21-14-16-9-11-18(23-3)12-10-16/h4-12,15,19H,13-14H2,1-3H3,(H2,21,22,24)/t19-/m1/s1. The lowest BCUT2D eigenvalue weighted by Gasteiger charge is -2.23. The van der Waals surface area contributed by atoms with Crippen molar-refractivity contribution in [3.8, 4) is 5.75 Å². The van der Waals surface area contributed by atoms with Crippen molar-refractivity contribution in [2.45, 2.75) is 32.9 Å². The van der Waals surface area contributed by atoms with Gasteiger partial charge in [-0.05, 0) is 47.8 Å². The summed E-state index contributed by atoms with van der Waals surface area (Å²) < 4.78 is 5.17. The van der Waals surface area contributed by atoms with Crippen LogP contribution in [0.1, 0.15) is 37.4 Å². The largest absolute Gasteiger partial charge is 0.497 e. The zero-order valence-corrected chi connectivity index (χ0v) is 15.4. The lowest BCUT2D eigenvalue weighted by atomic mass is 9.97. The van der Waals surface area contributed by atoms with E-state index in [1.807, 2.05) is 30.3 Å². The number of rotatable bonds is 7. The molecule has 0 aliphatic rings. The van der Waals surface area contributed by atoms with Crippen LogP contribution in [0, 0.1) is 5.92 Å². The lowest BCUT2D eigenvalue weighted by molar-refractivity contribution is 0.414. The van der Waals surface area contributed by atoms with Crippen LogP contribution in [0.15, 0.2) is 54.6 Å². The van der Waals surface area contributed by atoms with Crippen molar-refractivity contribution in [2.24, 2.45) is 5.92 Å². The summed E-state index contributed by atoms with van der Waals surface area (Å²) in [5, 5.41) is 7.42. The normalized spacial score (nSPS) is 11.8. The van der Waals surface area contributed by atoms with Crippen molar-refractivity contribution in [3.63, 3.8) is 0 Å². The fraction of sp³-hybridized carbons (Fsp3) is 0.350. The highest BCUT2D eigenvalue weighted by Crippen LogP contribution is 2.21. The Labute approximate surface area is 150 Å². The smallest absolute Gasteiger partial charge is 0.167 e. The molecule has 2 N–H and O–H groups in total.